The van der Waals surface area contributed by atoms with Gasteiger partial charge in [0.1, 0.15) is 5.75 Å². The number of methoxy groups -OCH3 is 1. The predicted molar refractivity (Wildman–Crippen MR) is 68.6 cm³/mol. The molecule has 0 bridgehead atoms. The molecule has 5 nitrogen and oxygen atoms in total. The third-order valence-corrected chi connectivity index (χ3v) is 2.78. The molecule has 0 aliphatic heterocycles. The molecule has 0 saturated heterocycles. The zero-order chi connectivity index (χ0) is 13.1. The molecule has 0 spiro atoms. The van der Waals surface area contributed by atoms with Crippen LogP contribution in [0, 0.1) is 0 Å². The second-order valence-electron chi connectivity index (χ2n) is 3.98. The average Bonchev–Trinajstić information content (AvgIpc) is 2.37. The van der Waals surface area contributed by atoms with Crippen LogP contribution in [0.1, 0.15) is 6.42 Å². The number of hydrogen-bond donors (Lipinski definition) is 1. The third-order valence-electron chi connectivity index (χ3n) is 2.78. The van der Waals surface area contributed by atoms with Gasteiger partial charge in [-0.05, 0) is 29.7 Å². The largest absolute Gasteiger partial charge is 0.497 e. The number of rotatable bonds is 4. The van der Waals surface area contributed by atoms with E-state index in [1.807, 2.05) is 6.07 Å². The molecule has 94 valence electrons. The van der Waals surface area contributed by atoms with Gasteiger partial charge in [-0.15, -0.1) is 0 Å². The summed E-state index contributed by atoms with van der Waals surface area (Å²) in [7, 11) is 1.58. The predicted octanol–water partition coefficient (Wildman–Crippen LogP) is 0.885. The number of hydrogen-bond acceptors (Lipinski definition) is 3. The topological polar surface area (TPSA) is 74.3 Å². The van der Waals surface area contributed by atoms with E-state index in [1.165, 1.54) is 4.57 Å². The molecule has 0 aliphatic carbocycles. The maximum atomic E-state index is 12.1. The zero-order valence-electron chi connectivity index (χ0n) is 10.1. The maximum absolute atomic E-state index is 12.1. The van der Waals surface area contributed by atoms with Gasteiger partial charge in [0.25, 0.3) is 5.56 Å². The van der Waals surface area contributed by atoms with Crippen LogP contribution in [0.4, 0.5) is 0 Å². The van der Waals surface area contributed by atoms with Gasteiger partial charge in [-0.1, -0.05) is 0 Å². The molecule has 0 saturated carbocycles. The van der Waals surface area contributed by atoms with Gasteiger partial charge in [0, 0.05) is 24.5 Å². The van der Waals surface area contributed by atoms with Crippen LogP contribution in [0.25, 0.3) is 10.8 Å². The number of pyridine rings is 1. The average molecular weight is 246 g/mol. The molecular weight excluding hydrogens is 232 g/mol. The van der Waals surface area contributed by atoms with E-state index >= 15 is 0 Å². The SMILES string of the molecule is COc1ccc2c(=O)n(CCC(N)=O)ccc2c1. The lowest BCUT2D eigenvalue weighted by Crippen LogP contribution is -2.22. The van der Waals surface area contributed by atoms with Crippen molar-refractivity contribution in [1.29, 1.82) is 0 Å². The summed E-state index contributed by atoms with van der Waals surface area (Å²) >= 11 is 0. The molecule has 0 fully saturated rings. The highest BCUT2D eigenvalue weighted by atomic mass is 16.5. The molecule has 0 atom stereocenters. The van der Waals surface area contributed by atoms with Gasteiger partial charge in [-0.3, -0.25) is 9.59 Å². The number of aryl methyl sites for hydroxylation is 1. The van der Waals surface area contributed by atoms with Crippen LogP contribution < -0.4 is 16.0 Å². The van der Waals surface area contributed by atoms with Crippen LogP contribution >= 0.6 is 0 Å². The first kappa shape index (κ1) is 12.2. The first-order chi connectivity index (χ1) is 8.61. The lowest BCUT2D eigenvalue weighted by Gasteiger charge is -2.07. The van der Waals surface area contributed by atoms with Crippen molar-refractivity contribution in [3.8, 4) is 5.75 Å². The fourth-order valence-electron chi connectivity index (χ4n) is 1.80. The van der Waals surface area contributed by atoms with E-state index in [0.29, 0.717) is 17.7 Å². The third kappa shape index (κ3) is 2.34. The summed E-state index contributed by atoms with van der Waals surface area (Å²) in [5.41, 5.74) is 4.94. The van der Waals surface area contributed by atoms with Gasteiger partial charge in [0.2, 0.25) is 5.91 Å². The number of carbonyl (C=O) groups excluding carboxylic acids is 1. The van der Waals surface area contributed by atoms with Crippen LogP contribution in [-0.2, 0) is 11.3 Å². The highest BCUT2D eigenvalue weighted by Crippen LogP contribution is 2.17. The monoisotopic (exact) mass is 246 g/mol. The molecular formula is C13H14N2O3. The molecule has 2 N–H and O–H groups in total. The molecule has 0 radical (unpaired) electrons. The number of aromatic nitrogens is 1. The summed E-state index contributed by atoms with van der Waals surface area (Å²) in [5.74, 6) is 0.286. The van der Waals surface area contributed by atoms with Gasteiger partial charge >= 0.3 is 0 Å². The Kier molecular flexibility index (Phi) is 3.32. The maximum Gasteiger partial charge on any atom is 0.258 e. The van der Waals surface area contributed by atoms with E-state index in [-0.39, 0.29) is 12.0 Å². The summed E-state index contributed by atoms with van der Waals surface area (Å²) < 4.78 is 6.59. The molecule has 1 amide bonds. The molecule has 1 aromatic carbocycles. The van der Waals surface area contributed by atoms with E-state index in [9.17, 15) is 9.59 Å². The Bertz CT molecular complexity index is 646. The summed E-state index contributed by atoms with van der Waals surface area (Å²) in [6, 6.07) is 7.08. The molecule has 2 rings (SSSR count). The van der Waals surface area contributed by atoms with Gasteiger partial charge in [0.05, 0.1) is 7.11 Å². The van der Waals surface area contributed by atoms with E-state index in [2.05, 4.69) is 0 Å². The van der Waals surface area contributed by atoms with Crippen molar-refractivity contribution in [2.45, 2.75) is 13.0 Å². The number of nitrogens with zero attached hydrogens (tertiary/aromatic N) is 1. The number of fused-ring (bicyclic) bond motifs is 1. The van der Waals surface area contributed by atoms with Crippen LogP contribution in [-0.4, -0.2) is 17.6 Å². The Balaban J connectivity index is 2.44. The van der Waals surface area contributed by atoms with Crippen LogP contribution in [0.5, 0.6) is 5.75 Å². The number of benzene rings is 1. The van der Waals surface area contributed by atoms with Gasteiger partial charge in [-0.2, -0.15) is 0 Å². The van der Waals surface area contributed by atoms with Crippen LogP contribution in [0.2, 0.25) is 0 Å². The summed E-state index contributed by atoms with van der Waals surface area (Å²) in [6.45, 7) is 0.302. The molecule has 2 aromatic rings. The number of carbonyl (C=O) groups is 1. The van der Waals surface area contributed by atoms with E-state index in [0.717, 1.165) is 5.39 Å². The number of ether oxygens (including phenoxy) is 1. The van der Waals surface area contributed by atoms with Crippen molar-refractivity contribution in [3.63, 3.8) is 0 Å². The minimum atomic E-state index is -0.420. The molecule has 0 unspecified atom stereocenters. The second kappa shape index (κ2) is 4.91. The summed E-state index contributed by atoms with van der Waals surface area (Å²) in [4.78, 5) is 22.8. The van der Waals surface area contributed by atoms with Crippen molar-refractivity contribution in [2.24, 2.45) is 5.73 Å². The fraction of sp³-hybridized carbons (Fsp3) is 0.231. The Morgan fingerprint density at radius 2 is 2.17 bits per heavy atom. The van der Waals surface area contributed by atoms with Crippen molar-refractivity contribution in [3.05, 3.63) is 40.8 Å². The van der Waals surface area contributed by atoms with Gasteiger partial charge in [0.15, 0.2) is 0 Å². The Morgan fingerprint density at radius 3 is 2.83 bits per heavy atom. The van der Waals surface area contributed by atoms with E-state index < -0.39 is 5.91 Å². The summed E-state index contributed by atoms with van der Waals surface area (Å²) in [6.07, 6.45) is 1.81. The highest BCUT2D eigenvalue weighted by molar-refractivity contribution is 5.82. The van der Waals surface area contributed by atoms with Crippen molar-refractivity contribution < 1.29 is 9.53 Å². The lowest BCUT2D eigenvalue weighted by atomic mass is 10.1. The minimum absolute atomic E-state index is 0.128. The normalized spacial score (nSPS) is 10.5. The van der Waals surface area contributed by atoms with Crippen molar-refractivity contribution >= 4 is 16.7 Å². The van der Waals surface area contributed by atoms with Crippen LogP contribution in [0.3, 0.4) is 0 Å². The lowest BCUT2D eigenvalue weighted by molar-refractivity contribution is -0.118. The number of nitrogens with two attached hydrogens (primary N) is 1. The summed E-state index contributed by atoms with van der Waals surface area (Å²) in [5, 5.41) is 1.41. The van der Waals surface area contributed by atoms with Crippen LogP contribution in [0.15, 0.2) is 35.3 Å². The highest BCUT2D eigenvalue weighted by Gasteiger charge is 2.04. The number of primary amides is 1. The van der Waals surface area contributed by atoms with E-state index in [4.69, 9.17) is 10.5 Å². The molecule has 18 heavy (non-hydrogen) atoms. The Hall–Kier alpha value is -2.30. The Morgan fingerprint density at radius 1 is 1.39 bits per heavy atom. The first-order valence-electron chi connectivity index (χ1n) is 5.57. The first-order valence-corrected chi connectivity index (χ1v) is 5.57. The fourth-order valence-corrected chi connectivity index (χ4v) is 1.80. The molecule has 5 heteroatoms. The second-order valence-corrected chi connectivity index (χ2v) is 3.98. The van der Waals surface area contributed by atoms with Gasteiger partial charge in [-0.25, -0.2) is 0 Å². The minimum Gasteiger partial charge on any atom is -0.497 e. The zero-order valence-corrected chi connectivity index (χ0v) is 10.1. The standard InChI is InChI=1S/C13H14N2O3/c1-18-10-2-3-11-9(8-10)4-6-15(13(11)17)7-5-12(14)16/h2-4,6,8H,5,7H2,1H3,(H2,14,16). The molecule has 1 heterocycles. The molecule has 0 aliphatic rings. The van der Waals surface area contributed by atoms with Gasteiger partial charge < -0.3 is 15.0 Å². The quantitative estimate of drug-likeness (QED) is 0.870. The van der Waals surface area contributed by atoms with E-state index in [1.54, 1.807) is 31.5 Å². The van der Waals surface area contributed by atoms with Crippen molar-refractivity contribution in [1.82, 2.24) is 4.57 Å². The van der Waals surface area contributed by atoms with Crippen molar-refractivity contribution in [2.75, 3.05) is 7.11 Å². The Labute approximate surface area is 104 Å². The molecule has 1 aromatic heterocycles. The smallest absolute Gasteiger partial charge is 0.258 e. The number of amides is 1.